The maximum absolute atomic E-state index is 11.0. The van der Waals surface area contributed by atoms with E-state index in [4.69, 9.17) is 17.9 Å². The largest absolute Gasteiger partial charge is 0.493 e. The highest BCUT2D eigenvalue weighted by molar-refractivity contribution is 8.31. The lowest BCUT2D eigenvalue weighted by atomic mass is 10.1. The fourth-order valence-corrected chi connectivity index (χ4v) is 1.06. The van der Waals surface area contributed by atoms with Crippen LogP contribution in [-0.4, -0.2) is 28.4 Å². The van der Waals surface area contributed by atoms with Gasteiger partial charge in [-0.1, -0.05) is 0 Å². The van der Waals surface area contributed by atoms with Crippen LogP contribution in [0.25, 0.3) is 0 Å². The molecule has 0 atom stereocenters. The molecule has 0 aromatic heterocycles. The van der Waals surface area contributed by atoms with Crippen LogP contribution in [-0.2, 0) is 8.26 Å². The van der Waals surface area contributed by atoms with Gasteiger partial charge in [-0.05, 0) is 25.1 Å². The molecule has 0 saturated carbocycles. The molecule has 0 saturated heterocycles. The van der Waals surface area contributed by atoms with Crippen molar-refractivity contribution in [2.45, 2.75) is 6.92 Å². The van der Waals surface area contributed by atoms with Crippen LogP contribution in [0.5, 0.6) is 11.5 Å². The smallest absolute Gasteiger partial charge is 0.317 e. The molecule has 0 N–H and O–H groups in total. The highest BCUT2D eigenvalue weighted by Gasteiger charge is 2.06. The highest BCUT2D eigenvalue weighted by atomic mass is 36.0. The number of hydrogen-bond acceptors (Lipinski definition) is 5. The summed E-state index contributed by atoms with van der Waals surface area (Å²) < 4.78 is 28.4. The van der Waals surface area contributed by atoms with Crippen LogP contribution in [0, 0.1) is 0 Å². The van der Waals surface area contributed by atoms with Gasteiger partial charge >= 0.3 is 8.26 Å². The minimum Gasteiger partial charge on any atom is -0.493 e. The topological polar surface area (TPSA) is 69.7 Å². The number of rotatable bonds is 3. The van der Waals surface area contributed by atoms with E-state index in [0.717, 1.165) is 0 Å². The Morgan fingerprint density at radius 1 is 1.11 bits per heavy atom. The second kappa shape index (κ2) is 7.45. The van der Waals surface area contributed by atoms with Gasteiger partial charge in [-0.15, -0.1) is 0 Å². The first-order chi connectivity index (χ1) is 8.19. The first kappa shape index (κ1) is 17.0. The van der Waals surface area contributed by atoms with Gasteiger partial charge in [-0.3, -0.25) is 4.79 Å². The van der Waals surface area contributed by atoms with E-state index in [0.29, 0.717) is 17.1 Å². The predicted molar refractivity (Wildman–Crippen MR) is 70.2 cm³/mol. The minimum atomic E-state index is -3.72. The van der Waals surface area contributed by atoms with Crippen LogP contribution >= 0.6 is 21.4 Å². The van der Waals surface area contributed by atoms with Crippen molar-refractivity contribution in [3.8, 4) is 11.5 Å². The Morgan fingerprint density at radius 3 is 1.89 bits per heavy atom. The molecule has 0 aliphatic rings. The van der Waals surface area contributed by atoms with Crippen molar-refractivity contribution >= 4 is 35.4 Å². The Morgan fingerprint density at radius 2 is 1.56 bits per heavy atom. The zero-order chi connectivity index (χ0) is 14.3. The van der Waals surface area contributed by atoms with Crippen molar-refractivity contribution in [2.24, 2.45) is 0 Å². The summed E-state index contributed by atoms with van der Waals surface area (Å²) in [7, 11) is 7.92. The summed E-state index contributed by atoms with van der Waals surface area (Å²) in [6.45, 7) is 1.52. The fourth-order valence-electron chi connectivity index (χ4n) is 1.06. The fraction of sp³-hybridized carbons (Fsp3) is 0.300. The van der Waals surface area contributed by atoms with Crippen molar-refractivity contribution in [3.63, 3.8) is 0 Å². The number of carbonyl (C=O) groups is 1. The lowest BCUT2D eigenvalue weighted by Gasteiger charge is -2.07. The van der Waals surface area contributed by atoms with Crippen LogP contribution in [0.3, 0.4) is 0 Å². The van der Waals surface area contributed by atoms with Crippen LogP contribution in [0.1, 0.15) is 17.3 Å². The average molecular weight is 315 g/mol. The zero-order valence-corrected chi connectivity index (χ0v) is 12.3. The molecule has 0 fully saturated rings. The number of halogens is 2. The normalized spacial score (nSPS) is 10.1. The molecule has 0 heterocycles. The first-order valence-corrected chi connectivity index (χ1v) is 7.69. The van der Waals surface area contributed by atoms with Gasteiger partial charge in [0.25, 0.3) is 0 Å². The third-order valence-electron chi connectivity index (χ3n) is 1.79. The van der Waals surface area contributed by atoms with Crippen molar-refractivity contribution in [3.05, 3.63) is 23.8 Å². The summed E-state index contributed by atoms with van der Waals surface area (Å²) in [5, 5.41) is 0. The molecule has 1 aromatic carbocycles. The Bertz CT molecular complexity index is 505. The SMILES string of the molecule is COc1ccc(C(C)=O)cc1OC.O=S(=O)(Cl)Cl. The molecule has 102 valence electrons. The van der Waals surface area contributed by atoms with E-state index in [-0.39, 0.29) is 5.78 Å². The number of Topliss-reactive ketones (excluding diaryl/α,β-unsaturated/α-hetero) is 1. The summed E-state index contributed by atoms with van der Waals surface area (Å²) in [6, 6.07) is 5.10. The Hall–Kier alpha value is -0.980. The summed E-state index contributed by atoms with van der Waals surface area (Å²) in [5.74, 6) is 1.23. The van der Waals surface area contributed by atoms with Crippen LogP contribution < -0.4 is 9.47 Å². The molecular weight excluding hydrogens is 303 g/mol. The van der Waals surface area contributed by atoms with Crippen molar-refractivity contribution in [2.75, 3.05) is 14.2 Å². The van der Waals surface area contributed by atoms with Crippen LogP contribution in [0.2, 0.25) is 0 Å². The number of methoxy groups -OCH3 is 2. The summed E-state index contributed by atoms with van der Waals surface area (Å²) in [5.41, 5.74) is 0.623. The lowest BCUT2D eigenvalue weighted by Crippen LogP contribution is -1.95. The summed E-state index contributed by atoms with van der Waals surface area (Å²) in [6.07, 6.45) is 0. The van der Waals surface area contributed by atoms with E-state index in [1.165, 1.54) is 6.92 Å². The Balaban J connectivity index is 0.000000494. The molecule has 0 bridgehead atoms. The molecule has 0 aliphatic heterocycles. The van der Waals surface area contributed by atoms with Gasteiger partial charge in [0.15, 0.2) is 17.3 Å². The molecule has 1 aromatic rings. The minimum absolute atomic E-state index is 0.0148. The van der Waals surface area contributed by atoms with E-state index >= 15 is 0 Å². The second-order valence-electron chi connectivity index (χ2n) is 3.00. The quantitative estimate of drug-likeness (QED) is 0.633. The third-order valence-corrected chi connectivity index (χ3v) is 1.79. The molecule has 0 radical (unpaired) electrons. The Labute approximate surface area is 115 Å². The van der Waals surface area contributed by atoms with E-state index < -0.39 is 8.26 Å². The molecule has 0 aliphatic carbocycles. The van der Waals surface area contributed by atoms with E-state index in [9.17, 15) is 4.79 Å². The second-order valence-corrected chi connectivity index (χ2v) is 6.67. The molecule has 0 spiro atoms. The van der Waals surface area contributed by atoms with E-state index in [1.807, 2.05) is 0 Å². The molecule has 0 unspecified atom stereocenters. The van der Waals surface area contributed by atoms with Gasteiger partial charge in [0.05, 0.1) is 14.2 Å². The standard InChI is InChI=1S/C10H12O3.Cl2O2S/c1-7(11)8-4-5-9(12-2)10(6-8)13-3;1-5(2,3)4/h4-6H,1-3H3;. The molecular formula is C10H12Cl2O5S. The summed E-state index contributed by atoms with van der Waals surface area (Å²) >= 11 is 0. The van der Waals surface area contributed by atoms with Gasteiger partial charge in [-0.2, -0.15) is 8.42 Å². The van der Waals surface area contributed by atoms with Gasteiger partial charge in [-0.25, -0.2) is 0 Å². The van der Waals surface area contributed by atoms with Gasteiger partial charge in [0.2, 0.25) is 0 Å². The Kier molecular flexibility index (Phi) is 7.05. The number of carbonyl (C=O) groups excluding carboxylic acids is 1. The summed E-state index contributed by atoms with van der Waals surface area (Å²) in [4.78, 5) is 11.0. The molecule has 0 amide bonds. The first-order valence-electron chi connectivity index (χ1n) is 4.56. The number of benzene rings is 1. The van der Waals surface area contributed by atoms with Crippen LogP contribution in [0.15, 0.2) is 18.2 Å². The van der Waals surface area contributed by atoms with Gasteiger partial charge < -0.3 is 9.47 Å². The van der Waals surface area contributed by atoms with Crippen molar-refractivity contribution in [1.29, 1.82) is 0 Å². The third kappa shape index (κ3) is 7.37. The molecule has 1 rings (SSSR count). The zero-order valence-electron chi connectivity index (χ0n) is 9.94. The molecule has 5 nitrogen and oxygen atoms in total. The maximum Gasteiger partial charge on any atom is 0.317 e. The predicted octanol–water partition coefficient (Wildman–Crippen LogP) is 2.62. The van der Waals surface area contributed by atoms with E-state index in [1.54, 1.807) is 32.4 Å². The van der Waals surface area contributed by atoms with E-state index in [2.05, 4.69) is 21.4 Å². The van der Waals surface area contributed by atoms with Crippen LogP contribution in [0.4, 0.5) is 0 Å². The average Bonchev–Trinajstić information content (AvgIpc) is 2.25. The number of ether oxygens (including phenoxy) is 2. The monoisotopic (exact) mass is 314 g/mol. The van der Waals surface area contributed by atoms with Crippen molar-refractivity contribution in [1.82, 2.24) is 0 Å². The lowest BCUT2D eigenvalue weighted by molar-refractivity contribution is 0.101. The molecule has 18 heavy (non-hydrogen) atoms. The van der Waals surface area contributed by atoms with Crippen molar-refractivity contribution < 1.29 is 22.7 Å². The molecule has 8 heteroatoms. The van der Waals surface area contributed by atoms with Gasteiger partial charge in [0, 0.05) is 26.9 Å². The highest BCUT2D eigenvalue weighted by Crippen LogP contribution is 2.27. The number of hydrogen-bond donors (Lipinski definition) is 0. The number of ketones is 1. The maximum atomic E-state index is 11.0. The van der Waals surface area contributed by atoms with Gasteiger partial charge in [0.1, 0.15) is 0 Å².